The summed E-state index contributed by atoms with van der Waals surface area (Å²) in [4.78, 5) is 18.4. The highest BCUT2D eigenvalue weighted by atomic mass is 16.2. The van der Waals surface area contributed by atoms with Crippen molar-refractivity contribution < 1.29 is 4.79 Å². The van der Waals surface area contributed by atoms with Gasteiger partial charge in [-0.15, -0.1) is 0 Å². The topological polar surface area (TPSA) is 68.8 Å². The van der Waals surface area contributed by atoms with E-state index in [4.69, 9.17) is 0 Å². The average molecular weight is 311 g/mol. The van der Waals surface area contributed by atoms with Gasteiger partial charge >= 0.3 is 0 Å². The maximum atomic E-state index is 11.7. The zero-order chi connectivity index (χ0) is 16.4. The van der Waals surface area contributed by atoms with Gasteiger partial charge in [0.25, 0.3) is 0 Å². The van der Waals surface area contributed by atoms with Crippen molar-refractivity contribution in [1.29, 1.82) is 0 Å². The van der Waals surface area contributed by atoms with Crippen molar-refractivity contribution in [3.8, 4) is 0 Å². The van der Waals surface area contributed by atoms with Crippen molar-refractivity contribution in [2.24, 2.45) is 10.4 Å². The lowest BCUT2D eigenvalue weighted by atomic mass is 9.96. The average Bonchev–Trinajstić information content (AvgIpc) is 2.49. The summed E-state index contributed by atoms with van der Waals surface area (Å²) >= 11 is 0. The molecule has 0 aliphatic carbocycles. The maximum Gasteiger partial charge on any atom is 0.225 e. The molecule has 1 amide bonds. The van der Waals surface area contributed by atoms with E-state index in [0.717, 1.165) is 19.0 Å². The third-order valence-corrected chi connectivity index (χ3v) is 3.78. The van der Waals surface area contributed by atoms with Crippen molar-refractivity contribution in [2.45, 2.75) is 40.0 Å². The van der Waals surface area contributed by atoms with Gasteiger partial charge in [0.2, 0.25) is 5.91 Å². The van der Waals surface area contributed by atoms with Crippen molar-refractivity contribution in [3.05, 3.63) is 0 Å². The number of likely N-dealkylation sites (tertiary alicyclic amines) is 1. The molecule has 0 unspecified atom stereocenters. The lowest BCUT2D eigenvalue weighted by molar-refractivity contribution is -0.128. The highest BCUT2D eigenvalue weighted by molar-refractivity contribution is 5.81. The third-order valence-electron chi connectivity index (χ3n) is 3.78. The summed E-state index contributed by atoms with van der Waals surface area (Å²) in [5, 5.41) is 9.46. The Morgan fingerprint density at radius 3 is 2.18 bits per heavy atom. The zero-order valence-electron chi connectivity index (χ0n) is 14.7. The van der Waals surface area contributed by atoms with Gasteiger partial charge < -0.3 is 20.9 Å². The second kappa shape index (κ2) is 9.66. The summed E-state index contributed by atoms with van der Waals surface area (Å²) in [5.41, 5.74) is -0.339. The van der Waals surface area contributed by atoms with Crippen LogP contribution in [0.3, 0.4) is 0 Å². The van der Waals surface area contributed by atoms with Crippen molar-refractivity contribution in [2.75, 3.05) is 46.3 Å². The fourth-order valence-corrected chi connectivity index (χ4v) is 2.36. The molecule has 0 atom stereocenters. The van der Waals surface area contributed by atoms with Crippen molar-refractivity contribution in [1.82, 2.24) is 20.9 Å². The van der Waals surface area contributed by atoms with Crippen LogP contribution in [0.25, 0.3) is 0 Å². The van der Waals surface area contributed by atoms with Crippen LogP contribution in [0.1, 0.15) is 40.0 Å². The van der Waals surface area contributed by atoms with Crippen LogP contribution in [0.15, 0.2) is 4.99 Å². The number of carbonyl (C=O) groups is 1. The Bertz CT molecular complexity index is 356. The highest BCUT2D eigenvalue weighted by Gasteiger charge is 2.20. The molecule has 0 aromatic carbocycles. The molecule has 1 saturated heterocycles. The van der Waals surface area contributed by atoms with E-state index < -0.39 is 0 Å². The number of hydrogen-bond acceptors (Lipinski definition) is 3. The van der Waals surface area contributed by atoms with Gasteiger partial charge in [-0.1, -0.05) is 27.2 Å². The summed E-state index contributed by atoms with van der Waals surface area (Å²) in [7, 11) is 1.77. The van der Waals surface area contributed by atoms with E-state index >= 15 is 0 Å². The van der Waals surface area contributed by atoms with Crippen LogP contribution >= 0.6 is 0 Å². The minimum absolute atomic E-state index is 0.0716. The van der Waals surface area contributed by atoms with Gasteiger partial charge in [0.05, 0.1) is 0 Å². The smallest absolute Gasteiger partial charge is 0.225 e. The minimum Gasteiger partial charge on any atom is -0.355 e. The molecule has 1 aliphatic heterocycles. The predicted molar refractivity (Wildman–Crippen MR) is 92.1 cm³/mol. The Morgan fingerprint density at radius 2 is 1.59 bits per heavy atom. The molecule has 1 aliphatic rings. The van der Waals surface area contributed by atoms with E-state index in [1.807, 2.05) is 20.8 Å². The van der Waals surface area contributed by atoms with Crippen LogP contribution in [0, 0.1) is 5.41 Å². The molecular formula is C16H33N5O. The Hall–Kier alpha value is -1.30. The SMILES string of the molecule is CN=C(NCCNC(=O)C(C)(C)C)NCCN1CCCCC1. The number of piperidine rings is 1. The number of nitrogens with zero attached hydrogens (tertiary/aromatic N) is 2. The van der Waals surface area contributed by atoms with Gasteiger partial charge in [-0.2, -0.15) is 0 Å². The first kappa shape index (κ1) is 18.7. The molecule has 0 aromatic heterocycles. The summed E-state index contributed by atoms with van der Waals surface area (Å²) < 4.78 is 0. The van der Waals surface area contributed by atoms with Gasteiger partial charge in [0.1, 0.15) is 0 Å². The van der Waals surface area contributed by atoms with E-state index in [0.29, 0.717) is 13.1 Å². The lowest BCUT2D eigenvalue weighted by Crippen LogP contribution is -2.45. The highest BCUT2D eigenvalue weighted by Crippen LogP contribution is 2.11. The normalized spacial score (nSPS) is 17.2. The molecule has 3 N–H and O–H groups in total. The van der Waals surface area contributed by atoms with E-state index in [1.54, 1.807) is 7.05 Å². The number of carbonyl (C=O) groups excluding carboxylic acids is 1. The number of hydrogen-bond donors (Lipinski definition) is 3. The molecule has 22 heavy (non-hydrogen) atoms. The molecule has 0 spiro atoms. The molecule has 0 radical (unpaired) electrons. The number of aliphatic imine (C=N–C) groups is 1. The second-order valence-electron chi connectivity index (χ2n) is 6.83. The molecular weight excluding hydrogens is 278 g/mol. The maximum absolute atomic E-state index is 11.7. The van der Waals surface area contributed by atoms with Crippen LogP contribution in [-0.4, -0.2) is 63.1 Å². The third kappa shape index (κ3) is 7.64. The van der Waals surface area contributed by atoms with Crippen LogP contribution in [0.4, 0.5) is 0 Å². The number of guanidine groups is 1. The standard InChI is InChI=1S/C16H33N5O/c1-16(2,3)14(22)18-8-9-19-15(17-4)20-10-13-21-11-6-5-7-12-21/h5-13H2,1-4H3,(H,18,22)(H2,17,19,20). The lowest BCUT2D eigenvalue weighted by Gasteiger charge is -2.26. The molecule has 6 heteroatoms. The number of rotatable bonds is 6. The fourth-order valence-electron chi connectivity index (χ4n) is 2.36. The van der Waals surface area contributed by atoms with Crippen LogP contribution in [0.2, 0.25) is 0 Å². The molecule has 0 saturated carbocycles. The Morgan fingerprint density at radius 1 is 1.00 bits per heavy atom. The molecule has 1 heterocycles. The van der Waals surface area contributed by atoms with E-state index in [9.17, 15) is 4.79 Å². The second-order valence-corrected chi connectivity index (χ2v) is 6.83. The molecule has 1 rings (SSSR count). The first-order chi connectivity index (χ1) is 10.4. The van der Waals surface area contributed by atoms with Gasteiger partial charge in [-0.3, -0.25) is 9.79 Å². The van der Waals surface area contributed by atoms with E-state index in [1.165, 1.54) is 32.4 Å². The van der Waals surface area contributed by atoms with Crippen LogP contribution < -0.4 is 16.0 Å². The van der Waals surface area contributed by atoms with Crippen LogP contribution in [0.5, 0.6) is 0 Å². The number of nitrogens with one attached hydrogen (secondary N) is 3. The van der Waals surface area contributed by atoms with Gasteiger partial charge in [0, 0.05) is 38.6 Å². The Kier molecular flexibility index (Phi) is 8.24. The van der Waals surface area contributed by atoms with E-state index in [-0.39, 0.29) is 11.3 Å². The monoisotopic (exact) mass is 311 g/mol. The van der Waals surface area contributed by atoms with Gasteiger partial charge in [0.15, 0.2) is 5.96 Å². The Labute approximate surface area is 135 Å². The number of amides is 1. The Balaban J connectivity index is 2.10. The fraction of sp³-hybridized carbons (Fsp3) is 0.875. The summed E-state index contributed by atoms with van der Waals surface area (Å²) in [6, 6.07) is 0. The van der Waals surface area contributed by atoms with Gasteiger partial charge in [-0.25, -0.2) is 0 Å². The summed E-state index contributed by atoms with van der Waals surface area (Å²) in [6.45, 7) is 11.4. The van der Waals surface area contributed by atoms with Crippen molar-refractivity contribution in [3.63, 3.8) is 0 Å². The van der Waals surface area contributed by atoms with E-state index in [2.05, 4.69) is 25.8 Å². The first-order valence-electron chi connectivity index (χ1n) is 8.38. The zero-order valence-corrected chi connectivity index (χ0v) is 14.7. The predicted octanol–water partition coefficient (Wildman–Crippen LogP) is 0.800. The largest absolute Gasteiger partial charge is 0.355 e. The molecule has 128 valence electrons. The summed E-state index contributed by atoms with van der Waals surface area (Å²) in [6.07, 6.45) is 4.01. The molecule has 0 aromatic rings. The van der Waals surface area contributed by atoms with Crippen molar-refractivity contribution >= 4 is 11.9 Å². The molecule has 1 fully saturated rings. The minimum atomic E-state index is -0.339. The van der Waals surface area contributed by atoms with Crippen LogP contribution in [-0.2, 0) is 4.79 Å². The quantitative estimate of drug-likeness (QED) is 0.386. The first-order valence-corrected chi connectivity index (χ1v) is 8.38. The summed E-state index contributed by atoms with van der Waals surface area (Å²) in [5.74, 6) is 0.865. The molecule has 6 nitrogen and oxygen atoms in total. The molecule has 0 bridgehead atoms. The van der Waals surface area contributed by atoms with Gasteiger partial charge in [-0.05, 0) is 25.9 Å².